The number of hydrogen-bond donors (Lipinski definition) is 1. The molecule has 1 aliphatic heterocycles. The van der Waals surface area contributed by atoms with Gasteiger partial charge in [0.25, 0.3) is 10.0 Å². The molecule has 1 unspecified atom stereocenters. The van der Waals surface area contributed by atoms with Crippen LogP contribution in [-0.2, 0) is 10.0 Å². The van der Waals surface area contributed by atoms with Crippen molar-refractivity contribution in [3.05, 3.63) is 65.2 Å². The molecule has 24 heavy (non-hydrogen) atoms. The number of aryl methyl sites for hydroxylation is 1. The summed E-state index contributed by atoms with van der Waals surface area (Å²) in [5.41, 5.74) is 2.73. The van der Waals surface area contributed by atoms with Gasteiger partial charge in [0.05, 0.1) is 11.1 Å². The predicted octanol–water partition coefficient (Wildman–Crippen LogP) is 3.12. The molecule has 0 amide bonds. The molecular weight excluding hydrogens is 324 g/mol. The summed E-state index contributed by atoms with van der Waals surface area (Å²) in [4.78, 5) is 2.41. The smallest absolute Gasteiger partial charge is 0.276 e. The first-order chi connectivity index (χ1) is 11.5. The van der Waals surface area contributed by atoms with Crippen LogP contribution in [0.25, 0.3) is 6.08 Å². The second kappa shape index (κ2) is 6.49. The van der Waals surface area contributed by atoms with Gasteiger partial charge in [-0.05, 0) is 38.1 Å². The molecule has 0 aliphatic carbocycles. The number of benzene rings is 2. The molecule has 1 N–H and O–H groups in total. The van der Waals surface area contributed by atoms with Crippen molar-refractivity contribution in [3.63, 3.8) is 0 Å². The van der Waals surface area contributed by atoms with E-state index in [0.717, 1.165) is 22.4 Å². The Balaban J connectivity index is 1.77. The minimum atomic E-state index is -3.67. The molecule has 1 aliphatic rings. The molecule has 0 fully saturated rings. The molecule has 6 heteroatoms. The lowest BCUT2D eigenvalue weighted by atomic mass is 10.0. The van der Waals surface area contributed by atoms with Crippen LogP contribution in [0.2, 0.25) is 0 Å². The Labute approximate surface area is 141 Å². The van der Waals surface area contributed by atoms with E-state index in [1.54, 1.807) is 24.3 Å². The van der Waals surface area contributed by atoms with Crippen molar-refractivity contribution >= 4 is 22.3 Å². The number of para-hydroxylation sites is 1. The third-order valence-electron chi connectivity index (χ3n) is 3.73. The molecule has 0 saturated carbocycles. The minimum Gasteiger partial charge on any atom is -0.485 e. The molecule has 0 aromatic heterocycles. The van der Waals surface area contributed by atoms with E-state index in [9.17, 15) is 8.42 Å². The normalized spacial score (nSPS) is 17.1. The monoisotopic (exact) mass is 342 g/mol. The number of nitrogens with zero attached hydrogens (tertiary/aromatic N) is 1. The average molecular weight is 342 g/mol. The molecule has 2 aromatic rings. The highest BCUT2D eigenvalue weighted by molar-refractivity contribution is 7.89. The Hall–Kier alpha value is -2.60. The lowest BCUT2D eigenvalue weighted by Gasteiger charge is -2.22. The van der Waals surface area contributed by atoms with Crippen molar-refractivity contribution in [1.29, 1.82) is 0 Å². The zero-order valence-electron chi connectivity index (χ0n) is 13.4. The molecule has 5 nitrogen and oxygen atoms in total. The van der Waals surface area contributed by atoms with E-state index < -0.39 is 10.0 Å². The molecule has 0 spiro atoms. The zero-order chi connectivity index (χ0) is 17.2. The fourth-order valence-corrected chi connectivity index (χ4v) is 3.14. The van der Waals surface area contributed by atoms with Crippen molar-refractivity contribution in [3.8, 4) is 5.75 Å². The van der Waals surface area contributed by atoms with Gasteiger partial charge in [0.2, 0.25) is 0 Å². The van der Waals surface area contributed by atoms with Crippen molar-refractivity contribution in [1.82, 2.24) is 4.83 Å². The summed E-state index contributed by atoms with van der Waals surface area (Å²) >= 11 is 0. The number of hydrogen-bond acceptors (Lipinski definition) is 4. The number of sulfonamides is 1. The van der Waals surface area contributed by atoms with Crippen LogP contribution in [0, 0.1) is 6.92 Å². The Morgan fingerprint density at radius 2 is 1.83 bits per heavy atom. The maximum Gasteiger partial charge on any atom is 0.276 e. The van der Waals surface area contributed by atoms with Gasteiger partial charge in [-0.2, -0.15) is 13.5 Å². The predicted molar refractivity (Wildman–Crippen MR) is 94.5 cm³/mol. The van der Waals surface area contributed by atoms with Crippen molar-refractivity contribution in [2.24, 2.45) is 5.10 Å². The van der Waals surface area contributed by atoms with Crippen LogP contribution in [0.4, 0.5) is 0 Å². The Kier molecular flexibility index (Phi) is 4.40. The van der Waals surface area contributed by atoms with Crippen LogP contribution in [0.3, 0.4) is 0 Å². The summed E-state index contributed by atoms with van der Waals surface area (Å²) < 4.78 is 30.2. The molecule has 2 aromatic carbocycles. The van der Waals surface area contributed by atoms with E-state index in [0.29, 0.717) is 0 Å². The maximum atomic E-state index is 12.2. The molecular formula is C18H18N2O3S. The van der Waals surface area contributed by atoms with Gasteiger partial charge in [-0.25, -0.2) is 4.83 Å². The third kappa shape index (κ3) is 3.49. The summed E-state index contributed by atoms with van der Waals surface area (Å²) in [6.45, 7) is 3.79. The summed E-state index contributed by atoms with van der Waals surface area (Å²) in [5, 5.41) is 3.88. The molecule has 1 heterocycles. The van der Waals surface area contributed by atoms with E-state index >= 15 is 0 Å². The fourth-order valence-electron chi connectivity index (χ4n) is 2.35. The lowest BCUT2D eigenvalue weighted by molar-refractivity contribution is 0.260. The molecule has 3 rings (SSSR count). The van der Waals surface area contributed by atoms with Gasteiger partial charge in [0.15, 0.2) is 0 Å². The summed E-state index contributed by atoms with van der Waals surface area (Å²) in [6, 6.07) is 14.3. The quantitative estimate of drug-likeness (QED) is 0.686. The SMILES string of the molecule is Cc1ccc(S(=O)(=O)NN=CC2=Cc3ccccc3OC2C)cc1. The van der Waals surface area contributed by atoms with E-state index in [-0.39, 0.29) is 11.0 Å². The van der Waals surface area contributed by atoms with E-state index in [1.165, 1.54) is 6.21 Å². The summed E-state index contributed by atoms with van der Waals surface area (Å²) in [5.74, 6) is 0.808. The maximum absolute atomic E-state index is 12.2. The second-order valence-corrected chi connectivity index (χ2v) is 7.27. The Morgan fingerprint density at radius 1 is 1.12 bits per heavy atom. The van der Waals surface area contributed by atoms with Crippen LogP contribution < -0.4 is 9.57 Å². The number of nitrogens with one attached hydrogen (secondary N) is 1. The largest absolute Gasteiger partial charge is 0.485 e. The van der Waals surface area contributed by atoms with Crippen LogP contribution in [-0.4, -0.2) is 20.7 Å². The van der Waals surface area contributed by atoms with Gasteiger partial charge >= 0.3 is 0 Å². The van der Waals surface area contributed by atoms with Gasteiger partial charge in [0.1, 0.15) is 11.9 Å². The van der Waals surface area contributed by atoms with Crippen molar-refractivity contribution in [2.75, 3.05) is 0 Å². The Bertz CT molecular complexity index is 900. The summed E-state index contributed by atoms with van der Waals surface area (Å²) in [7, 11) is -3.67. The standard InChI is InChI=1S/C18H18N2O3S/c1-13-7-9-17(10-8-13)24(21,22)20-19-12-16-11-15-5-3-4-6-18(15)23-14(16)2/h3-12,14,20H,1-2H3. The molecule has 0 saturated heterocycles. The molecule has 0 bridgehead atoms. The van der Waals surface area contributed by atoms with E-state index in [1.807, 2.05) is 44.2 Å². The third-order valence-corrected chi connectivity index (χ3v) is 4.97. The number of rotatable bonds is 4. The highest BCUT2D eigenvalue weighted by Crippen LogP contribution is 2.28. The minimum absolute atomic E-state index is 0.178. The van der Waals surface area contributed by atoms with Gasteiger partial charge in [-0.15, -0.1) is 0 Å². The van der Waals surface area contributed by atoms with Gasteiger partial charge in [-0.3, -0.25) is 0 Å². The Morgan fingerprint density at radius 3 is 2.58 bits per heavy atom. The average Bonchev–Trinajstić information content (AvgIpc) is 2.55. The van der Waals surface area contributed by atoms with Crippen molar-refractivity contribution in [2.45, 2.75) is 24.8 Å². The first kappa shape index (κ1) is 16.3. The number of hydrazone groups is 1. The highest BCUT2D eigenvalue weighted by atomic mass is 32.2. The summed E-state index contributed by atoms with van der Waals surface area (Å²) in [6.07, 6.45) is 3.21. The van der Waals surface area contributed by atoms with E-state index in [4.69, 9.17) is 4.74 Å². The van der Waals surface area contributed by atoms with Crippen LogP contribution >= 0.6 is 0 Å². The van der Waals surface area contributed by atoms with Gasteiger partial charge in [-0.1, -0.05) is 35.9 Å². The molecule has 1 atom stereocenters. The second-order valence-electron chi connectivity index (χ2n) is 5.61. The number of fused-ring (bicyclic) bond motifs is 1. The molecule has 124 valence electrons. The van der Waals surface area contributed by atoms with E-state index in [2.05, 4.69) is 9.93 Å². The van der Waals surface area contributed by atoms with Crippen LogP contribution in [0.5, 0.6) is 5.75 Å². The van der Waals surface area contributed by atoms with Crippen LogP contribution in [0.1, 0.15) is 18.1 Å². The van der Waals surface area contributed by atoms with Crippen LogP contribution in [0.15, 0.2) is 64.1 Å². The highest BCUT2D eigenvalue weighted by Gasteiger charge is 2.17. The number of ether oxygens (including phenoxy) is 1. The fraction of sp³-hybridized carbons (Fsp3) is 0.167. The lowest BCUT2D eigenvalue weighted by Crippen LogP contribution is -2.22. The first-order valence-electron chi connectivity index (χ1n) is 7.54. The van der Waals surface area contributed by atoms with Crippen molar-refractivity contribution < 1.29 is 13.2 Å². The van der Waals surface area contributed by atoms with Gasteiger partial charge in [0, 0.05) is 11.1 Å². The topological polar surface area (TPSA) is 67.8 Å². The molecule has 0 radical (unpaired) electrons. The first-order valence-corrected chi connectivity index (χ1v) is 9.03. The zero-order valence-corrected chi connectivity index (χ0v) is 14.2. The van der Waals surface area contributed by atoms with Gasteiger partial charge < -0.3 is 4.74 Å².